The Labute approximate surface area is 306 Å². The minimum absolute atomic E-state index is 0.0642. The number of hydrogen-bond donors (Lipinski definition) is 1. The number of nitrogens with zero attached hydrogens (tertiary/aromatic N) is 2. The monoisotopic (exact) mass is 733 g/mol. The Bertz CT molecular complexity index is 1860. The van der Waals surface area contributed by atoms with Crippen molar-refractivity contribution < 1.29 is 37.1 Å². The van der Waals surface area contributed by atoms with Crippen LogP contribution in [0.3, 0.4) is 0 Å². The van der Waals surface area contributed by atoms with E-state index in [0.717, 1.165) is 48.4 Å². The SMILES string of the molecule is C=C[C@@H]1C[C@]1(CC(=O)[C@@H]1C[C@@H]2CN1C(=O)[C@H](C(C)(C)C)CC(=O)OCCCCCC/C=C/c1ccc3ccnc(c3c1)O2)C(=O)NS(=O)(=O)C1CC1. The van der Waals surface area contributed by atoms with Crippen LogP contribution in [-0.2, 0) is 33.9 Å². The molecule has 12 heteroatoms. The molecular weight excluding hydrogens is 683 g/mol. The smallest absolute Gasteiger partial charge is 0.306 e. The van der Waals surface area contributed by atoms with Gasteiger partial charge in [-0.05, 0) is 72.9 Å². The highest BCUT2D eigenvalue weighted by Gasteiger charge is 2.61. The van der Waals surface area contributed by atoms with Crippen LogP contribution in [0.2, 0.25) is 0 Å². The number of Topliss-reactive ketones (excluding diaryl/α,β-unsaturated/α-hetero) is 1. The Morgan fingerprint density at radius 2 is 1.88 bits per heavy atom. The first kappa shape index (κ1) is 37.7. The number of sulfonamides is 1. The van der Waals surface area contributed by atoms with Gasteiger partial charge in [0.25, 0.3) is 0 Å². The molecule has 2 aromatic rings. The van der Waals surface area contributed by atoms with Gasteiger partial charge < -0.3 is 14.4 Å². The quantitative estimate of drug-likeness (QED) is 0.271. The maximum atomic E-state index is 14.6. The van der Waals surface area contributed by atoms with Gasteiger partial charge in [-0.15, -0.1) is 6.58 Å². The molecule has 3 heterocycles. The molecule has 1 aromatic heterocycles. The standard InChI is InChI=1S/C40H51N3O8S/c1-5-28-23-40(28,38(47)42-52(48,49)30-15-16-30)24-34(44)33-21-29-25-43(33)37(46)32(39(2,3)4)22-35(45)50-19-11-9-7-6-8-10-12-26-13-14-27-17-18-41-36(51-29)31(27)20-26/h5,10,12-14,17-18,20,28-30,32-33H,1,6-9,11,15-16,19,21-25H2,2-4H3,(H,42,47)/b12-10+/t28-,29-,32-,33+,40-/m1/s1. The van der Waals surface area contributed by atoms with Crippen molar-refractivity contribution in [2.75, 3.05) is 13.2 Å². The maximum absolute atomic E-state index is 14.6. The molecule has 6 rings (SSSR count). The van der Waals surface area contributed by atoms with Gasteiger partial charge >= 0.3 is 5.97 Å². The third kappa shape index (κ3) is 8.43. The first-order chi connectivity index (χ1) is 24.7. The summed E-state index contributed by atoms with van der Waals surface area (Å²) in [6.07, 6.45) is 12.4. The van der Waals surface area contributed by atoms with Crippen molar-refractivity contribution >= 4 is 50.4 Å². The number of hydrogen-bond acceptors (Lipinski definition) is 9. The van der Waals surface area contributed by atoms with Crippen LogP contribution >= 0.6 is 0 Å². The van der Waals surface area contributed by atoms with Crippen LogP contribution in [0.1, 0.15) is 97.0 Å². The Hall–Kier alpha value is -4.06. The van der Waals surface area contributed by atoms with E-state index in [0.29, 0.717) is 18.7 Å². The van der Waals surface area contributed by atoms with E-state index in [-0.39, 0.29) is 56.4 Å². The molecule has 280 valence electrons. The molecule has 52 heavy (non-hydrogen) atoms. The summed E-state index contributed by atoms with van der Waals surface area (Å²) < 4.78 is 39.8. The number of allylic oxidation sites excluding steroid dienone is 2. The number of carbonyl (C=O) groups is 4. The van der Waals surface area contributed by atoms with Crippen LogP contribution in [0.4, 0.5) is 0 Å². The number of esters is 1. The highest BCUT2D eigenvalue weighted by molar-refractivity contribution is 7.90. The number of carbonyl (C=O) groups excluding carboxylic acids is 4. The van der Waals surface area contributed by atoms with Crippen LogP contribution in [0.15, 0.2) is 49.2 Å². The van der Waals surface area contributed by atoms with Crippen molar-refractivity contribution in [3.05, 3.63) is 54.8 Å². The Balaban J connectivity index is 1.32. The molecule has 2 amide bonds. The maximum Gasteiger partial charge on any atom is 0.306 e. The molecular formula is C40H51N3O8S. The van der Waals surface area contributed by atoms with Crippen LogP contribution in [0, 0.1) is 22.7 Å². The number of fused-ring (bicyclic) bond motifs is 3. The number of benzene rings is 1. The van der Waals surface area contributed by atoms with Crippen molar-refractivity contribution in [2.24, 2.45) is 22.7 Å². The van der Waals surface area contributed by atoms with Crippen molar-refractivity contribution in [2.45, 2.75) is 109 Å². The number of ether oxygens (including phenoxy) is 2. The van der Waals surface area contributed by atoms with Crippen LogP contribution in [0.5, 0.6) is 5.88 Å². The van der Waals surface area contributed by atoms with Gasteiger partial charge in [-0.25, -0.2) is 13.4 Å². The number of amides is 2. The lowest BCUT2D eigenvalue weighted by atomic mass is 9.77. The Morgan fingerprint density at radius 3 is 2.60 bits per heavy atom. The first-order valence-electron chi connectivity index (χ1n) is 18.6. The summed E-state index contributed by atoms with van der Waals surface area (Å²) in [6, 6.07) is 7.01. The number of aromatic nitrogens is 1. The van der Waals surface area contributed by atoms with E-state index in [1.165, 1.54) is 4.90 Å². The summed E-state index contributed by atoms with van der Waals surface area (Å²) in [4.78, 5) is 61.7. The number of ketones is 1. The number of nitrogens with one attached hydrogen (secondary N) is 1. The minimum atomic E-state index is -3.84. The largest absolute Gasteiger partial charge is 0.472 e. The highest BCUT2D eigenvalue weighted by Crippen LogP contribution is 2.57. The first-order valence-corrected chi connectivity index (χ1v) is 20.2. The molecule has 4 aliphatic rings. The molecule has 3 fully saturated rings. The fraction of sp³-hybridized carbons (Fsp3) is 0.575. The molecule has 2 aliphatic heterocycles. The molecule has 1 aromatic carbocycles. The van der Waals surface area contributed by atoms with Crippen molar-refractivity contribution in [1.82, 2.24) is 14.6 Å². The lowest BCUT2D eigenvalue weighted by Crippen LogP contribution is -2.48. The molecule has 2 saturated carbocycles. The van der Waals surface area contributed by atoms with E-state index < -0.39 is 56.0 Å². The van der Waals surface area contributed by atoms with Gasteiger partial charge in [0, 0.05) is 24.4 Å². The van der Waals surface area contributed by atoms with E-state index in [4.69, 9.17) is 9.47 Å². The van der Waals surface area contributed by atoms with Gasteiger partial charge in [0.05, 0.1) is 42.2 Å². The van der Waals surface area contributed by atoms with Gasteiger partial charge in [-0.1, -0.05) is 64.0 Å². The van der Waals surface area contributed by atoms with Crippen LogP contribution < -0.4 is 9.46 Å². The van der Waals surface area contributed by atoms with Crippen molar-refractivity contribution in [3.8, 4) is 5.88 Å². The van der Waals surface area contributed by atoms with Crippen LogP contribution in [0.25, 0.3) is 16.8 Å². The second-order valence-electron chi connectivity index (χ2n) is 16.0. The lowest BCUT2D eigenvalue weighted by molar-refractivity contribution is -0.153. The second kappa shape index (κ2) is 15.1. The average Bonchev–Trinajstić information content (AvgIpc) is 4.02. The number of cyclic esters (lactones) is 1. The fourth-order valence-corrected chi connectivity index (χ4v) is 8.95. The van der Waals surface area contributed by atoms with Gasteiger partial charge in [0.1, 0.15) is 6.10 Å². The zero-order valence-electron chi connectivity index (χ0n) is 30.5. The Kier molecular flexibility index (Phi) is 11.0. The topological polar surface area (TPSA) is 149 Å². The molecule has 2 aliphatic carbocycles. The zero-order valence-corrected chi connectivity index (χ0v) is 31.3. The molecule has 1 saturated heterocycles. The molecule has 4 bridgehead atoms. The second-order valence-corrected chi connectivity index (χ2v) is 18.0. The molecule has 1 N–H and O–H groups in total. The van der Waals surface area contributed by atoms with Crippen molar-refractivity contribution in [1.29, 1.82) is 0 Å². The van der Waals surface area contributed by atoms with E-state index in [1.807, 2.05) is 45.0 Å². The predicted molar refractivity (Wildman–Crippen MR) is 197 cm³/mol. The summed E-state index contributed by atoms with van der Waals surface area (Å²) in [6.45, 7) is 9.82. The van der Waals surface area contributed by atoms with Gasteiger partial charge in [-0.2, -0.15) is 0 Å². The predicted octanol–water partition coefficient (Wildman–Crippen LogP) is 5.92. The van der Waals surface area contributed by atoms with Crippen molar-refractivity contribution in [3.63, 3.8) is 0 Å². The third-order valence-corrected chi connectivity index (χ3v) is 12.9. The fourth-order valence-electron chi connectivity index (χ4n) is 7.57. The highest BCUT2D eigenvalue weighted by atomic mass is 32.2. The minimum Gasteiger partial charge on any atom is -0.472 e. The normalized spacial score (nSPS) is 28.3. The summed E-state index contributed by atoms with van der Waals surface area (Å²) >= 11 is 0. The summed E-state index contributed by atoms with van der Waals surface area (Å²) in [5.74, 6) is -2.71. The van der Waals surface area contributed by atoms with E-state index >= 15 is 0 Å². The van der Waals surface area contributed by atoms with E-state index in [1.54, 1.807) is 12.3 Å². The molecule has 0 unspecified atom stereocenters. The van der Waals surface area contributed by atoms with Gasteiger partial charge in [0.15, 0.2) is 5.78 Å². The molecule has 11 nitrogen and oxygen atoms in total. The van der Waals surface area contributed by atoms with Crippen LogP contribution in [-0.4, -0.2) is 72.4 Å². The summed E-state index contributed by atoms with van der Waals surface area (Å²) in [5, 5.41) is 1.14. The number of rotatable bonds is 7. The molecule has 5 atom stereocenters. The Morgan fingerprint density at radius 1 is 1.12 bits per heavy atom. The number of pyridine rings is 1. The zero-order chi connectivity index (χ0) is 37.3. The van der Waals surface area contributed by atoms with E-state index in [9.17, 15) is 27.6 Å². The lowest BCUT2D eigenvalue weighted by Gasteiger charge is -2.34. The van der Waals surface area contributed by atoms with Gasteiger partial charge in [0.2, 0.25) is 27.7 Å². The molecule has 0 spiro atoms. The summed E-state index contributed by atoms with van der Waals surface area (Å²) in [5.41, 5.74) is -0.923. The average molecular weight is 734 g/mol. The summed E-state index contributed by atoms with van der Waals surface area (Å²) in [7, 11) is -3.84. The van der Waals surface area contributed by atoms with Gasteiger partial charge in [-0.3, -0.25) is 23.9 Å². The third-order valence-electron chi connectivity index (χ3n) is 11.1. The van der Waals surface area contributed by atoms with E-state index in [2.05, 4.69) is 28.4 Å². The molecule has 0 radical (unpaired) electrons.